The van der Waals surface area contributed by atoms with Gasteiger partial charge in [0.05, 0.1) is 13.2 Å². The predicted octanol–water partition coefficient (Wildman–Crippen LogP) is 3.26. The minimum atomic E-state index is 0.293. The molecule has 0 bridgehead atoms. The topological polar surface area (TPSA) is 67.6 Å². The number of methoxy groups -OCH3 is 1. The van der Waals surface area contributed by atoms with Gasteiger partial charge >= 0.3 is 0 Å². The van der Waals surface area contributed by atoms with E-state index in [0.29, 0.717) is 12.0 Å². The molecule has 1 N–H and O–H groups in total. The van der Waals surface area contributed by atoms with Crippen molar-refractivity contribution in [3.63, 3.8) is 0 Å². The van der Waals surface area contributed by atoms with Crippen molar-refractivity contribution in [3.8, 4) is 5.75 Å². The number of nitrogens with one attached hydrogen (secondary N) is 1. The van der Waals surface area contributed by atoms with Crippen molar-refractivity contribution in [1.82, 2.24) is 24.5 Å². The molecule has 2 aliphatic rings. The minimum absolute atomic E-state index is 0.293. The second kappa shape index (κ2) is 7.39. The van der Waals surface area contributed by atoms with Gasteiger partial charge in [0.2, 0.25) is 5.65 Å². The molecule has 1 saturated carbocycles. The number of anilines is 1. The molecule has 0 amide bonds. The lowest BCUT2D eigenvalue weighted by Gasteiger charge is -2.28. The van der Waals surface area contributed by atoms with Crippen LogP contribution in [-0.4, -0.2) is 51.2 Å². The van der Waals surface area contributed by atoms with Gasteiger partial charge in [0.15, 0.2) is 5.82 Å². The first kappa shape index (κ1) is 17.4. The third kappa shape index (κ3) is 3.30. The highest BCUT2D eigenvalue weighted by Gasteiger charge is 2.29. The first-order chi connectivity index (χ1) is 13.8. The largest absolute Gasteiger partial charge is 0.497 e. The van der Waals surface area contributed by atoms with E-state index in [2.05, 4.69) is 41.9 Å². The molecule has 3 aromatic rings. The maximum Gasteiger partial charge on any atom is 0.203 e. The molecule has 146 valence electrons. The lowest BCUT2D eigenvalue weighted by molar-refractivity contribution is 0.255. The summed E-state index contributed by atoms with van der Waals surface area (Å²) in [7, 11) is 1.70. The zero-order valence-corrected chi connectivity index (χ0v) is 16.2. The minimum Gasteiger partial charge on any atom is -0.497 e. The fraction of sp³-hybridized carbons (Fsp3) is 0.476. The Bertz CT molecular complexity index is 943. The molecule has 0 radical (unpaired) electrons. The Morgan fingerprint density at radius 3 is 2.64 bits per heavy atom. The van der Waals surface area contributed by atoms with Gasteiger partial charge in [-0.1, -0.05) is 12.1 Å². The molecule has 3 heterocycles. The molecule has 0 spiro atoms. The lowest BCUT2D eigenvalue weighted by atomic mass is 10.1. The summed E-state index contributed by atoms with van der Waals surface area (Å²) in [6, 6.07) is 8.70. The monoisotopic (exact) mass is 378 g/mol. The number of hydrogen-bond donors (Lipinski definition) is 1. The number of hydrogen-bond acceptors (Lipinski definition) is 6. The molecule has 2 fully saturated rings. The van der Waals surface area contributed by atoms with Gasteiger partial charge < -0.3 is 10.1 Å². The summed E-state index contributed by atoms with van der Waals surface area (Å²) in [6.45, 7) is 3.05. The zero-order valence-electron chi connectivity index (χ0n) is 16.2. The second-order valence-electron chi connectivity index (χ2n) is 7.71. The van der Waals surface area contributed by atoms with Crippen LogP contribution in [0.15, 0.2) is 36.7 Å². The van der Waals surface area contributed by atoms with Gasteiger partial charge in [-0.2, -0.15) is 0 Å². The van der Waals surface area contributed by atoms with Crippen LogP contribution in [0.2, 0.25) is 0 Å². The summed E-state index contributed by atoms with van der Waals surface area (Å²) in [5.74, 6) is 3.31. The Kier molecular flexibility index (Phi) is 4.60. The van der Waals surface area contributed by atoms with Crippen LogP contribution >= 0.6 is 0 Å². The van der Waals surface area contributed by atoms with E-state index in [0.717, 1.165) is 42.7 Å². The Hall–Kier alpha value is -2.67. The summed E-state index contributed by atoms with van der Waals surface area (Å²) in [4.78, 5) is 7.10. The van der Waals surface area contributed by atoms with E-state index >= 15 is 0 Å². The molecule has 7 heteroatoms. The first-order valence-electron chi connectivity index (χ1n) is 10.1. The number of benzene rings is 1. The average molecular weight is 378 g/mol. The summed E-state index contributed by atoms with van der Waals surface area (Å²) in [5, 5.41) is 12.4. The summed E-state index contributed by atoms with van der Waals surface area (Å²) >= 11 is 0. The summed E-state index contributed by atoms with van der Waals surface area (Å²) in [5.41, 5.74) is 2.11. The van der Waals surface area contributed by atoms with Crippen LogP contribution in [0, 0.1) is 0 Å². The standard InChI is InChI=1S/C21H26N6O/c1-28-17-8-6-15(7-9-17)18(26-11-2-3-12-26)14-23-19-21-25-24-20(16-4-5-16)27(21)13-10-22-19/h6-10,13,16,18H,2-5,11-12,14H2,1H3,(H,22,23). The normalized spacial score (nSPS) is 18.5. The highest BCUT2D eigenvalue weighted by atomic mass is 16.5. The van der Waals surface area contributed by atoms with Crippen molar-refractivity contribution in [2.75, 3.05) is 32.1 Å². The summed E-state index contributed by atoms with van der Waals surface area (Å²) < 4.78 is 7.41. The highest BCUT2D eigenvalue weighted by molar-refractivity contribution is 5.62. The number of rotatable bonds is 7. The molecule has 1 aromatic carbocycles. The van der Waals surface area contributed by atoms with Gasteiger partial charge in [0, 0.05) is 24.9 Å². The van der Waals surface area contributed by atoms with Gasteiger partial charge in [-0.3, -0.25) is 9.30 Å². The van der Waals surface area contributed by atoms with Crippen molar-refractivity contribution in [1.29, 1.82) is 0 Å². The van der Waals surface area contributed by atoms with E-state index in [4.69, 9.17) is 4.74 Å². The van der Waals surface area contributed by atoms with Crippen LogP contribution in [0.4, 0.5) is 5.82 Å². The number of aromatic nitrogens is 4. The first-order valence-corrected chi connectivity index (χ1v) is 10.1. The fourth-order valence-corrected chi connectivity index (χ4v) is 4.12. The average Bonchev–Trinajstić information content (AvgIpc) is 3.26. The van der Waals surface area contributed by atoms with Crippen molar-refractivity contribution in [2.45, 2.75) is 37.6 Å². The zero-order chi connectivity index (χ0) is 18.9. The van der Waals surface area contributed by atoms with E-state index in [-0.39, 0.29) is 0 Å². The molecular weight excluding hydrogens is 352 g/mol. The molecule has 2 aromatic heterocycles. The van der Waals surface area contributed by atoms with Crippen LogP contribution in [0.5, 0.6) is 5.75 Å². The van der Waals surface area contributed by atoms with Crippen LogP contribution in [-0.2, 0) is 0 Å². The number of nitrogens with zero attached hydrogens (tertiary/aromatic N) is 5. The van der Waals surface area contributed by atoms with Gasteiger partial charge in [-0.15, -0.1) is 10.2 Å². The Balaban J connectivity index is 1.39. The van der Waals surface area contributed by atoms with Gasteiger partial charge in [0.1, 0.15) is 11.6 Å². The number of fused-ring (bicyclic) bond motifs is 1. The smallest absolute Gasteiger partial charge is 0.203 e. The lowest BCUT2D eigenvalue weighted by Crippen LogP contribution is -2.31. The third-order valence-electron chi connectivity index (χ3n) is 5.84. The Labute approximate surface area is 164 Å². The number of ether oxygens (including phenoxy) is 1. The van der Waals surface area contributed by atoms with E-state index in [1.807, 2.05) is 24.5 Å². The van der Waals surface area contributed by atoms with Crippen LogP contribution in [0.3, 0.4) is 0 Å². The van der Waals surface area contributed by atoms with Gasteiger partial charge in [-0.05, 0) is 56.5 Å². The SMILES string of the molecule is COc1ccc(C(CNc2nccn3c(C4CC4)nnc23)N2CCCC2)cc1. The second-order valence-corrected chi connectivity index (χ2v) is 7.71. The molecule has 1 aliphatic carbocycles. The van der Waals surface area contributed by atoms with Crippen molar-refractivity contribution < 1.29 is 4.74 Å². The predicted molar refractivity (Wildman–Crippen MR) is 108 cm³/mol. The van der Waals surface area contributed by atoms with Crippen LogP contribution < -0.4 is 10.1 Å². The van der Waals surface area contributed by atoms with Crippen molar-refractivity contribution in [2.24, 2.45) is 0 Å². The molecule has 28 heavy (non-hydrogen) atoms. The molecule has 7 nitrogen and oxygen atoms in total. The molecular formula is C21H26N6O. The molecule has 1 atom stereocenters. The van der Waals surface area contributed by atoms with Crippen molar-refractivity contribution >= 4 is 11.5 Å². The molecule has 1 unspecified atom stereocenters. The number of likely N-dealkylation sites (tertiary alicyclic amines) is 1. The van der Waals surface area contributed by atoms with Gasteiger partial charge in [-0.25, -0.2) is 4.98 Å². The maximum absolute atomic E-state index is 5.32. The molecule has 5 rings (SSSR count). The van der Waals surface area contributed by atoms with E-state index in [1.54, 1.807) is 7.11 Å². The third-order valence-corrected chi connectivity index (χ3v) is 5.84. The Morgan fingerprint density at radius 1 is 1.14 bits per heavy atom. The quantitative estimate of drug-likeness (QED) is 0.681. The maximum atomic E-state index is 5.32. The Morgan fingerprint density at radius 2 is 1.93 bits per heavy atom. The van der Waals surface area contributed by atoms with E-state index < -0.39 is 0 Å². The fourth-order valence-electron chi connectivity index (χ4n) is 4.12. The van der Waals surface area contributed by atoms with E-state index in [1.165, 1.54) is 31.2 Å². The molecule has 1 saturated heterocycles. The highest BCUT2D eigenvalue weighted by Crippen LogP contribution is 2.39. The van der Waals surface area contributed by atoms with Crippen molar-refractivity contribution in [3.05, 3.63) is 48.0 Å². The van der Waals surface area contributed by atoms with E-state index in [9.17, 15) is 0 Å². The molecule has 1 aliphatic heterocycles. The van der Waals surface area contributed by atoms with Gasteiger partial charge in [0.25, 0.3) is 0 Å². The van der Waals surface area contributed by atoms with Crippen LogP contribution in [0.25, 0.3) is 5.65 Å². The summed E-state index contributed by atoms with van der Waals surface area (Å²) in [6.07, 6.45) is 8.74. The van der Waals surface area contributed by atoms with Crippen LogP contribution in [0.1, 0.15) is 49.0 Å².